The molecular formula is C19H21FN4O3. The average Bonchev–Trinajstić information content (AvgIpc) is 2.68. The van der Waals surface area contributed by atoms with Crippen LogP contribution in [-0.2, 0) is 4.79 Å². The number of pyridine rings is 1. The van der Waals surface area contributed by atoms with Crippen LogP contribution in [0, 0.1) is 5.95 Å². The SMILES string of the molecule is O=C(CN1CCN(c2cccc(F)n2)CC1)Nc1ccc2c(c1)OCCO2. The van der Waals surface area contributed by atoms with Crippen LogP contribution < -0.4 is 19.7 Å². The number of aromatic nitrogens is 1. The van der Waals surface area contributed by atoms with E-state index in [4.69, 9.17) is 9.47 Å². The molecule has 27 heavy (non-hydrogen) atoms. The summed E-state index contributed by atoms with van der Waals surface area (Å²) in [5.74, 6) is 1.42. The number of hydrogen-bond donors (Lipinski definition) is 1. The number of hydrogen-bond acceptors (Lipinski definition) is 6. The van der Waals surface area contributed by atoms with Crippen LogP contribution in [0.15, 0.2) is 36.4 Å². The van der Waals surface area contributed by atoms with Gasteiger partial charge in [0.05, 0.1) is 6.54 Å². The number of ether oxygens (including phenoxy) is 2. The number of carbonyl (C=O) groups excluding carboxylic acids is 1. The van der Waals surface area contributed by atoms with Crippen molar-refractivity contribution in [1.82, 2.24) is 9.88 Å². The minimum atomic E-state index is -0.478. The quantitative estimate of drug-likeness (QED) is 0.825. The van der Waals surface area contributed by atoms with E-state index in [9.17, 15) is 9.18 Å². The van der Waals surface area contributed by atoms with Gasteiger partial charge in [-0.2, -0.15) is 4.39 Å². The number of nitrogens with one attached hydrogen (secondary N) is 1. The molecule has 1 fully saturated rings. The normalized spacial score (nSPS) is 16.9. The van der Waals surface area contributed by atoms with Gasteiger partial charge in [0.1, 0.15) is 19.0 Å². The lowest BCUT2D eigenvalue weighted by atomic mass is 10.2. The van der Waals surface area contributed by atoms with Gasteiger partial charge in [-0.1, -0.05) is 6.07 Å². The average molecular weight is 372 g/mol. The summed E-state index contributed by atoms with van der Waals surface area (Å²) in [5, 5.41) is 2.90. The second kappa shape index (κ2) is 7.79. The number of anilines is 2. The van der Waals surface area contributed by atoms with Crippen molar-refractivity contribution in [2.24, 2.45) is 0 Å². The van der Waals surface area contributed by atoms with Crippen molar-refractivity contribution >= 4 is 17.4 Å². The molecule has 1 amide bonds. The van der Waals surface area contributed by atoms with Crippen LogP contribution in [-0.4, -0.2) is 61.7 Å². The molecular weight excluding hydrogens is 351 g/mol. The molecule has 1 aromatic carbocycles. The first kappa shape index (κ1) is 17.5. The van der Waals surface area contributed by atoms with E-state index in [0.717, 1.165) is 0 Å². The van der Waals surface area contributed by atoms with Crippen LogP contribution in [0.5, 0.6) is 11.5 Å². The third-order valence-corrected chi connectivity index (χ3v) is 4.59. The number of carbonyl (C=O) groups is 1. The maximum atomic E-state index is 13.3. The van der Waals surface area contributed by atoms with Crippen LogP contribution in [0.3, 0.4) is 0 Å². The Labute approximate surface area is 156 Å². The first-order chi connectivity index (χ1) is 13.2. The minimum absolute atomic E-state index is 0.0796. The summed E-state index contributed by atoms with van der Waals surface area (Å²) in [6.45, 7) is 4.19. The van der Waals surface area contributed by atoms with E-state index in [0.29, 0.717) is 68.9 Å². The first-order valence-electron chi connectivity index (χ1n) is 8.97. The molecule has 2 aliphatic rings. The van der Waals surface area contributed by atoms with Crippen LogP contribution in [0.25, 0.3) is 0 Å². The standard InChI is InChI=1S/C19H21FN4O3/c20-17-2-1-3-18(22-17)24-8-6-23(7-9-24)13-19(25)21-14-4-5-15-16(12-14)27-11-10-26-15/h1-5,12H,6-11,13H2,(H,21,25). The fraction of sp³-hybridized carbons (Fsp3) is 0.368. The molecule has 1 saturated heterocycles. The summed E-state index contributed by atoms with van der Waals surface area (Å²) in [5.41, 5.74) is 0.687. The fourth-order valence-electron chi connectivity index (χ4n) is 3.23. The predicted octanol–water partition coefficient (Wildman–Crippen LogP) is 1.75. The molecule has 0 bridgehead atoms. The Morgan fingerprint density at radius 1 is 1.07 bits per heavy atom. The van der Waals surface area contributed by atoms with Crippen molar-refractivity contribution in [3.63, 3.8) is 0 Å². The topological polar surface area (TPSA) is 66.9 Å². The summed E-state index contributed by atoms with van der Waals surface area (Å²) >= 11 is 0. The number of halogens is 1. The molecule has 4 rings (SSSR count). The second-order valence-electron chi connectivity index (χ2n) is 6.49. The number of benzene rings is 1. The van der Waals surface area contributed by atoms with Gasteiger partial charge in [-0.25, -0.2) is 4.98 Å². The molecule has 0 radical (unpaired) electrons. The Hall–Kier alpha value is -2.87. The number of piperazine rings is 1. The molecule has 142 valence electrons. The highest BCUT2D eigenvalue weighted by molar-refractivity contribution is 5.92. The van der Waals surface area contributed by atoms with Gasteiger partial charge in [0, 0.05) is 37.9 Å². The van der Waals surface area contributed by atoms with Gasteiger partial charge in [0.25, 0.3) is 0 Å². The monoisotopic (exact) mass is 372 g/mol. The van der Waals surface area contributed by atoms with Gasteiger partial charge < -0.3 is 19.7 Å². The molecule has 2 aromatic rings. The van der Waals surface area contributed by atoms with E-state index in [1.54, 1.807) is 30.3 Å². The molecule has 0 aliphatic carbocycles. The van der Waals surface area contributed by atoms with Gasteiger partial charge >= 0.3 is 0 Å². The summed E-state index contributed by atoms with van der Waals surface area (Å²) in [7, 11) is 0. The first-order valence-corrected chi connectivity index (χ1v) is 8.97. The third kappa shape index (κ3) is 4.28. The molecule has 1 N–H and O–H groups in total. The molecule has 0 spiro atoms. The zero-order valence-corrected chi connectivity index (χ0v) is 14.9. The number of amides is 1. The number of nitrogens with zero attached hydrogens (tertiary/aromatic N) is 3. The zero-order valence-electron chi connectivity index (χ0n) is 14.9. The molecule has 7 nitrogen and oxygen atoms in total. The predicted molar refractivity (Wildman–Crippen MR) is 98.9 cm³/mol. The van der Waals surface area contributed by atoms with E-state index < -0.39 is 5.95 Å². The lowest BCUT2D eigenvalue weighted by Gasteiger charge is -2.34. The van der Waals surface area contributed by atoms with Crippen molar-refractivity contribution in [3.8, 4) is 11.5 Å². The molecule has 2 aliphatic heterocycles. The highest BCUT2D eigenvalue weighted by Crippen LogP contribution is 2.32. The Balaban J connectivity index is 1.28. The maximum absolute atomic E-state index is 13.3. The van der Waals surface area contributed by atoms with Crippen molar-refractivity contribution in [1.29, 1.82) is 0 Å². The lowest BCUT2D eigenvalue weighted by Crippen LogP contribution is -2.49. The zero-order chi connectivity index (χ0) is 18.6. The van der Waals surface area contributed by atoms with Gasteiger partial charge in [0.2, 0.25) is 11.9 Å². The van der Waals surface area contributed by atoms with Gasteiger partial charge in [-0.15, -0.1) is 0 Å². The van der Waals surface area contributed by atoms with Crippen LogP contribution in [0.4, 0.5) is 15.9 Å². The summed E-state index contributed by atoms with van der Waals surface area (Å²) in [6, 6.07) is 10.2. The van der Waals surface area contributed by atoms with E-state index in [1.165, 1.54) is 6.07 Å². The second-order valence-corrected chi connectivity index (χ2v) is 6.49. The molecule has 1 aromatic heterocycles. The largest absolute Gasteiger partial charge is 0.486 e. The number of fused-ring (bicyclic) bond motifs is 1. The smallest absolute Gasteiger partial charge is 0.238 e. The Kier molecular flexibility index (Phi) is 5.06. The Morgan fingerprint density at radius 3 is 2.63 bits per heavy atom. The van der Waals surface area contributed by atoms with E-state index in [1.807, 2.05) is 4.90 Å². The minimum Gasteiger partial charge on any atom is -0.486 e. The van der Waals surface area contributed by atoms with Crippen molar-refractivity contribution < 1.29 is 18.7 Å². The van der Waals surface area contributed by atoms with Crippen molar-refractivity contribution in [2.45, 2.75) is 0 Å². The van der Waals surface area contributed by atoms with E-state index in [-0.39, 0.29) is 5.91 Å². The molecule has 0 saturated carbocycles. The molecule has 3 heterocycles. The van der Waals surface area contributed by atoms with E-state index >= 15 is 0 Å². The van der Waals surface area contributed by atoms with Gasteiger partial charge in [0.15, 0.2) is 11.5 Å². The van der Waals surface area contributed by atoms with Gasteiger partial charge in [-0.05, 0) is 24.3 Å². The van der Waals surface area contributed by atoms with Gasteiger partial charge in [-0.3, -0.25) is 9.69 Å². The highest BCUT2D eigenvalue weighted by Gasteiger charge is 2.20. The Morgan fingerprint density at radius 2 is 1.85 bits per heavy atom. The van der Waals surface area contributed by atoms with Crippen LogP contribution in [0.2, 0.25) is 0 Å². The maximum Gasteiger partial charge on any atom is 0.238 e. The highest BCUT2D eigenvalue weighted by atomic mass is 19.1. The lowest BCUT2D eigenvalue weighted by molar-refractivity contribution is -0.117. The van der Waals surface area contributed by atoms with Crippen LogP contribution in [0.1, 0.15) is 0 Å². The Bertz CT molecular complexity index is 824. The van der Waals surface area contributed by atoms with Crippen molar-refractivity contribution in [3.05, 3.63) is 42.3 Å². The summed E-state index contributed by atoms with van der Waals surface area (Å²) in [6.07, 6.45) is 0. The fourth-order valence-corrected chi connectivity index (χ4v) is 3.23. The third-order valence-electron chi connectivity index (χ3n) is 4.59. The summed E-state index contributed by atoms with van der Waals surface area (Å²) in [4.78, 5) is 20.4. The molecule has 0 atom stereocenters. The van der Waals surface area contributed by atoms with E-state index in [2.05, 4.69) is 15.2 Å². The van der Waals surface area contributed by atoms with Crippen LogP contribution >= 0.6 is 0 Å². The number of rotatable bonds is 4. The molecule has 0 unspecified atom stereocenters. The van der Waals surface area contributed by atoms with Crippen molar-refractivity contribution in [2.75, 3.05) is 56.2 Å². The summed E-state index contributed by atoms with van der Waals surface area (Å²) < 4.78 is 24.3. The molecule has 8 heteroatoms.